The van der Waals surface area contributed by atoms with Crippen LogP contribution in [0.2, 0.25) is 0 Å². The number of hydrogen-bond donors (Lipinski definition) is 0. The molecule has 17 rings (SSSR count). The highest BCUT2D eigenvalue weighted by Gasteiger charge is 2.22. The second-order valence-electron chi connectivity index (χ2n) is 24.1. The first-order valence-electron chi connectivity index (χ1n) is 32.9. The van der Waals surface area contributed by atoms with Crippen LogP contribution in [0.25, 0.3) is 88.9 Å². The fourth-order valence-corrected chi connectivity index (χ4v) is 13.2. The molecule has 9 heteroatoms. The van der Waals surface area contributed by atoms with Gasteiger partial charge in [0.25, 0.3) is 0 Å². The van der Waals surface area contributed by atoms with Gasteiger partial charge in [0.05, 0.1) is 55.9 Å². The van der Waals surface area contributed by atoms with E-state index in [4.69, 9.17) is 24.9 Å². The molecule has 0 aliphatic heterocycles. The van der Waals surface area contributed by atoms with Crippen LogP contribution < -0.4 is 19.6 Å². The van der Waals surface area contributed by atoms with E-state index >= 15 is 0 Å². The van der Waals surface area contributed by atoms with Gasteiger partial charge in [-0.2, -0.15) is 0 Å². The molecule has 98 heavy (non-hydrogen) atoms. The molecule has 0 fully saturated rings. The number of fused-ring (bicyclic) bond motifs is 4. The predicted octanol–water partition coefficient (Wildman–Crippen LogP) is 23.8. The Bertz CT molecular complexity index is 4760. The molecule has 0 aliphatic carbocycles. The molecule has 0 bridgehead atoms. The number of para-hydroxylation sites is 8. The quantitative estimate of drug-likeness (QED) is 0.0879. The average molecular weight is 1260 g/mol. The van der Waals surface area contributed by atoms with E-state index in [0.717, 1.165) is 157 Å². The Hall–Kier alpha value is -13.4. The molecule has 0 unspecified atom stereocenters. The van der Waals surface area contributed by atoms with Gasteiger partial charge in [-0.1, -0.05) is 194 Å². The lowest BCUT2D eigenvalue weighted by atomic mass is 10.0. The number of pyridine rings is 1. The summed E-state index contributed by atoms with van der Waals surface area (Å²) in [6.07, 6.45) is 0. The maximum atomic E-state index is 5.58. The van der Waals surface area contributed by atoms with Crippen LogP contribution in [-0.2, 0) is 0 Å². The lowest BCUT2D eigenvalue weighted by Gasteiger charge is -2.26. The van der Waals surface area contributed by atoms with Gasteiger partial charge in [0.2, 0.25) is 0 Å². The Morgan fingerprint density at radius 1 is 0.143 bits per heavy atom. The molecule has 3 aromatic heterocycles. The summed E-state index contributed by atoms with van der Waals surface area (Å²) < 4.78 is 0. The van der Waals surface area contributed by atoms with Crippen molar-refractivity contribution in [3.63, 3.8) is 0 Å². The van der Waals surface area contributed by atoms with Crippen molar-refractivity contribution in [2.75, 3.05) is 19.6 Å². The number of anilines is 12. The van der Waals surface area contributed by atoms with E-state index in [-0.39, 0.29) is 0 Å². The maximum absolute atomic E-state index is 5.58. The largest absolute Gasteiger partial charge is 0.311 e. The highest BCUT2D eigenvalue weighted by atomic mass is 15.2. The van der Waals surface area contributed by atoms with Crippen molar-refractivity contribution in [2.24, 2.45) is 0 Å². The first kappa shape index (κ1) is 58.5. The molecule has 9 nitrogen and oxygen atoms in total. The van der Waals surface area contributed by atoms with Crippen LogP contribution in [0.1, 0.15) is 0 Å². The van der Waals surface area contributed by atoms with Crippen LogP contribution in [0.3, 0.4) is 0 Å². The van der Waals surface area contributed by atoms with E-state index in [9.17, 15) is 0 Å². The van der Waals surface area contributed by atoms with Gasteiger partial charge in [-0.15, -0.1) is 0 Å². The zero-order valence-corrected chi connectivity index (χ0v) is 53.2. The highest BCUT2D eigenvalue weighted by Crippen LogP contribution is 2.43. The average Bonchev–Trinajstić information content (AvgIpc) is 0.752. The summed E-state index contributed by atoms with van der Waals surface area (Å²) in [5.41, 5.74) is 23.9. The molecular formula is C89H61N9. The van der Waals surface area contributed by atoms with Crippen LogP contribution >= 0.6 is 0 Å². The number of nitrogens with zero attached hydrogens (tertiary/aromatic N) is 9. The van der Waals surface area contributed by atoms with Gasteiger partial charge in [0, 0.05) is 101 Å². The van der Waals surface area contributed by atoms with Crippen LogP contribution in [0, 0.1) is 0 Å². The third-order valence-electron chi connectivity index (χ3n) is 17.9. The SMILES string of the molecule is c1ccc(N(c2ccccc2)c2ccc(-c3nc4cc5cc6cc7nc(-c8ccc(N(c9ccccc9)c9ccccc9)cc8)c(-c8ccc(N(c9ccccc9)c9ccccc9)cc8)nc7cc6nc5cc4nc3-c3ccc(N(c4ccccc4)c4ccccc4)cc3)cc2)cc1. The number of hydrogen-bond acceptors (Lipinski definition) is 9. The van der Waals surface area contributed by atoms with Gasteiger partial charge < -0.3 is 19.6 Å². The summed E-state index contributed by atoms with van der Waals surface area (Å²) in [5.74, 6) is 0. The Morgan fingerprint density at radius 2 is 0.316 bits per heavy atom. The van der Waals surface area contributed by atoms with Crippen LogP contribution in [-0.4, -0.2) is 24.9 Å². The predicted molar refractivity (Wildman–Crippen MR) is 406 cm³/mol. The van der Waals surface area contributed by atoms with Crippen molar-refractivity contribution in [1.82, 2.24) is 24.9 Å². The van der Waals surface area contributed by atoms with Gasteiger partial charge in [-0.05, 0) is 176 Å². The van der Waals surface area contributed by atoms with E-state index in [1.807, 2.05) is 48.5 Å². The fraction of sp³-hybridized carbons (Fsp3) is 0. The molecule has 0 spiro atoms. The molecule has 0 radical (unpaired) electrons. The van der Waals surface area contributed by atoms with E-state index in [0.29, 0.717) is 0 Å². The van der Waals surface area contributed by atoms with E-state index in [1.165, 1.54) is 0 Å². The standard InChI is InChI=1S/C89H61N9/c1-9-25-68(26-10-1)95(69-27-11-2-12-28-69)76-49-41-62(42-50-76)86-88(64-45-53-78(54-46-64)97(72-33-17-5-18-34-72)73-35-19-6-20-36-73)93-84-60-80-66(58-82(84)91-86)57-67-59-83-85(61-81(67)90-80)94-89(65-47-55-79(56-48-65)98(74-37-21-7-22-38-74)75-39-23-8-24-40-75)87(92-83)63-43-51-77(52-44-63)96(70-29-13-3-14-30-70)71-31-15-4-16-32-71/h1-61H. The molecule has 0 aliphatic rings. The maximum Gasteiger partial charge on any atom is 0.0973 e. The van der Waals surface area contributed by atoms with Crippen molar-refractivity contribution in [3.8, 4) is 45.0 Å². The van der Waals surface area contributed by atoms with Crippen molar-refractivity contribution < 1.29 is 0 Å². The monoisotopic (exact) mass is 1260 g/mol. The molecule has 17 aromatic rings. The summed E-state index contributed by atoms with van der Waals surface area (Å²) in [7, 11) is 0. The lowest BCUT2D eigenvalue weighted by molar-refractivity contribution is 1.26. The zero-order chi connectivity index (χ0) is 65.1. The smallest absolute Gasteiger partial charge is 0.0973 e. The first-order chi connectivity index (χ1) is 48.6. The fourth-order valence-electron chi connectivity index (χ4n) is 13.2. The van der Waals surface area contributed by atoms with Gasteiger partial charge in [0.15, 0.2) is 0 Å². The molecule has 0 atom stereocenters. The Kier molecular flexibility index (Phi) is 15.4. The van der Waals surface area contributed by atoms with Crippen molar-refractivity contribution in [2.45, 2.75) is 0 Å². The summed E-state index contributed by atoms with van der Waals surface area (Å²) in [5, 5.41) is 1.87. The topological polar surface area (TPSA) is 77.4 Å². The summed E-state index contributed by atoms with van der Waals surface area (Å²) in [4.78, 5) is 36.8. The second kappa shape index (κ2) is 25.8. The molecule has 462 valence electrons. The van der Waals surface area contributed by atoms with E-state index in [1.54, 1.807) is 0 Å². The van der Waals surface area contributed by atoms with Gasteiger partial charge >= 0.3 is 0 Å². The van der Waals surface area contributed by atoms with Crippen molar-refractivity contribution in [3.05, 3.63) is 370 Å². The van der Waals surface area contributed by atoms with Gasteiger partial charge in [-0.25, -0.2) is 24.9 Å². The van der Waals surface area contributed by atoms with Crippen molar-refractivity contribution in [1.29, 1.82) is 0 Å². The Labute approximate surface area is 568 Å². The minimum absolute atomic E-state index is 0.731. The molecule has 0 amide bonds. The zero-order valence-electron chi connectivity index (χ0n) is 53.2. The minimum atomic E-state index is 0.731. The van der Waals surface area contributed by atoms with Crippen molar-refractivity contribution >= 4 is 112 Å². The summed E-state index contributed by atoms with van der Waals surface area (Å²) in [6.45, 7) is 0. The van der Waals surface area contributed by atoms with E-state index in [2.05, 4.69) is 341 Å². The van der Waals surface area contributed by atoms with Crippen LogP contribution in [0.15, 0.2) is 370 Å². The third kappa shape index (κ3) is 11.5. The third-order valence-corrected chi connectivity index (χ3v) is 17.9. The highest BCUT2D eigenvalue weighted by molar-refractivity contribution is 6.04. The minimum Gasteiger partial charge on any atom is -0.311 e. The Morgan fingerprint density at radius 3 is 0.510 bits per heavy atom. The number of rotatable bonds is 16. The van der Waals surface area contributed by atoms with Gasteiger partial charge in [0.1, 0.15) is 0 Å². The van der Waals surface area contributed by atoms with E-state index < -0.39 is 0 Å². The van der Waals surface area contributed by atoms with Gasteiger partial charge in [-0.3, -0.25) is 0 Å². The first-order valence-corrected chi connectivity index (χ1v) is 32.9. The molecule has 14 aromatic carbocycles. The molecule has 0 saturated carbocycles. The Balaban J connectivity index is 0.796. The normalized spacial score (nSPS) is 11.3. The molecule has 3 heterocycles. The number of aromatic nitrogens is 5. The summed E-state index contributed by atoms with van der Waals surface area (Å²) >= 11 is 0. The number of benzene rings is 14. The lowest BCUT2D eigenvalue weighted by Crippen LogP contribution is -2.09. The molecule has 0 N–H and O–H groups in total. The molecular weight excluding hydrogens is 1200 g/mol. The van der Waals surface area contributed by atoms with Crippen LogP contribution in [0.4, 0.5) is 68.2 Å². The molecule has 0 saturated heterocycles. The second-order valence-corrected chi connectivity index (χ2v) is 24.1. The van der Waals surface area contributed by atoms with Crippen LogP contribution in [0.5, 0.6) is 0 Å². The summed E-state index contributed by atoms with van der Waals surface area (Å²) in [6, 6.07) is 129.